The van der Waals surface area contributed by atoms with E-state index in [1.165, 1.54) is 0 Å². The minimum absolute atomic E-state index is 0.121. The van der Waals surface area contributed by atoms with Gasteiger partial charge in [0, 0.05) is 25.0 Å². The third-order valence-corrected chi connectivity index (χ3v) is 3.97. The normalized spacial score (nSPS) is 10.3. The molecule has 0 bridgehead atoms. The monoisotopic (exact) mass is 341 g/mol. The zero-order chi connectivity index (χ0) is 17.9. The highest BCUT2D eigenvalue weighted by Gasteiger charge is 2.07. The van der Waals surface area contributed by atoms with Gasteiger partial charge in [0.05, 0.1) is 7.11 Å². The number of benzene rings is 1. The van der Waals surface area contributed by atoms with Gasteiger partial charge in [-0.1, -0.05) is 38.0 Å². The van der Waals surface area contributed by atoms with Crippen molar-refractivity contribution in [2.45, 2.75) is 32.6 Å². The molecule has 0 unspecified atom stereocenters. The second-order valence-corrected chi connectivity index (χ2v) is 5.88. The van der Waals surface area contributed by atoms with Crippen molar-refractivity contribution in [3.05, 3.63) is 53.9 Å². The molecule has 2 aromatic rings. The SMILES string of the molecule is CCCCCNC(=O)c1cc(NCCc2ccccc2OC)ccn1. The quantitative estimate of drug-likeness (QED) is 0.647. The number of methoxy groups -OCH3 is 1. The van der Waals surface area contributed by atoms with Crippen molar-refractivity contribution < 1.29 is 9.53 Å². The minimum Gasteiger partial charge on any atom is -0.496 e. The summed E-state index contributed by atoms with van der Waals surface area (Å²) >= 11 is 0. The predicted octanol–water partition coefficient (Wildman–Crippen LogP) is 3.66. The number of nitrogens with zero attached hydrogens (tertiary/aromatic N) is 1. The molecule has 0 saturated carbocycles. The van der Waals surface area contributed by atoms with Crippen LogP contribution in [0.15, 0.2) is 42.6 Å². The first-order chi connectivity index (χ1) is 12.2. The number of hydrogen-bond acceptors (Lipinski definition) is 4. The molecule has 5 nitrogen and oxygen atoms in total. The summed E-state index contributed by atoms with van der Waals surface area (Å²) < 4.78 is 5.36. The summed E-state index contributed by atoms with van der Waals surface area (Å²) in [4.78, 5) is 16.3. The lowest BCUT2D eigenvalue weighted by Crippen LogP contribution is -2.25. The lowest BCUT2D eigenvalue weighted by atomic mass is 10.1. The molecule has 0 spiro atoms. The van der Waals surface area contributed by atoms with Gasteiger partial charge in [0.2, 0.25) is 0 Å². The summed E-state index contributed by atoms with van der Waals surface area (Å²) in [6.45, 7) is 3.59. The second-order valence-electron chi connectivity index (χ2n) is 5.88. The molecule has 1 aromatic heterocycles. The molecule has 5 heteroatoms. The van der Waals surface area contributed by atoms with Crippen molar-refractivity contribution >= 4 is 11.6 Å². The van der Waals surface area contributed by atoms with Gasteiger partial charge in [-0.3, -0.25) is 9.78 Å². The molecule has 0 fully saturated rings. The maximum Gasteiger partial charge on any atom is 0.269 e. The number of carbonyl (C=O) groups excluding carboxylic acids is 1. The number of para-hydroxylation sites is 1. The van der Waals surface area contributed by atoms with Crippen LogP contribution in [0.4, 0.5) is 5.69 Å². The summed E-state index contributed by atoms with van der Waals surface area (Å²) in [7, 11) is 1.68. The fraction of sp³-hybridized carbons (Fsp3) is 0.400. The zero-order valence-corrected chi connectivity index (χ0v) is 15.0. The average molecular weight is 341 g/mol. The van der Waals surface area contributed by atoms with Crippen LogP contribution in [0.2, 0.25) is 0 Å². The summed E-state index contributed by atoms with van der Waals surface area (Å²) in [6, 6.07) is 11.6. The second kappa shape index (κ2) is 10.3. The molecule has 0 saturated heterocycles. The number of pyridine rings is 1. The molecule has 0 atom stereocenters. The van der Waals surface area contributed by atoms with Gasteiger partial charge < -0.3 is 15.4 Å². The van der Waals surface area contributed by atoms with E-state index in [0.717, 1.165) is 49.2 Å². The Balaban J connectivity index is 1.85. The maximum atomic E-state index is 12.1. The Morgan fingerprint density at radius 1 is 1.16 bits per heavy atom. The van der Waals surface area contributed by atoms with Gasteiger partial charge in [-0.15, -0.1) is 0 Å². The Labute approximate surface area is 149 Å². The number of aromatic nitrogens is 1. The van der Waals surface area contributed by atoms with E-state index in [1.54, 1.807) is 19.4 Å². The van der Waals surface area contributed by atoms with Gasteiger partial charge in [-0.25, -0.2) is 0 Å². The van der Waals surface area contributed by atoms with Crippen molar-refractivity contribution in [1.82, 2.24) is 10.3 Å². The van der Waals surface area contributed by atoms with E-state index in [4.69, 9.17) is 4.74 Å². The summed E-state index contributed by atoms with van der Waals surface area (Å²) in [6.07, 6.45) is 5.76. The molecule has 0 aliphatic heterocycles. The van der Waals surface area contributed by atoms with E-state index in [0.29, 0.717) is 12.2 Å². The van der Waals surface area contributed by atoms with Crippen LogP contribution in [-0.2, 0) is 6.42 Å². The number of carbonyl (C=O) groups is 1. The van der Waals surface area contributed by atoms with Crippen LogP contribution in [0.3, 0.4) is 0 Å². The standard InChI is InChI=1S/C20H27N3O2/c1-3-4-7-12-23-20(24)18-15-17(11-14-22-18)21-13-10-16-8-5-6-9-19(16)25-2/h5-6,8-9,11,14-15H,3-4,7,10,12-13H2,1-2H3,(H,21,22)(H,23,24). The Kier molecular flexibility index (Phi) is 7.76. The first-order valence-corrected chi connectivity index (χ1v) is 8.84. The van der Waals surface area contributed by atoms with E-state index in [-0.39, 0.29) is 5.91 Å². The molecular weight excluding hydrogens is 314 g/mol. The van der Waals surface area contributed by atoms with E-state index in [2.05, 4.69) is 28.6 Å². The van der Waals surface area contributed by atoms with Crippen molar-refractivity contribution in [2.75, 3.05) is 25.5 Å². The fourth-order valence-corrected chi connectivity index (χ4v) is 2.58. The topological polar surface area (TPSA) is 63.2 Å². The Bertz CT molecular complexity index is 673. The van der Waals surface area contributed by atoms with E-state index in [1.807, 2.05) is 24.3 Å². The lowest BCUT2D eigenvalue weighted by Gasteiger charge is -2.10. The minimum atomic E-state index is -0.121. The van der Waals surface area contributed by atoms with Gasteiger partial charge in [0.25, 0.3) is 5.91 Å². The summed E-state index contributed by atoms with van der Waals surface area (Å²) in [5.41, 5.74) is 2.49. The molecule has 0 aliphatic carbocycles. The van der Waals surface area contributed by atoms with Crippen molar-refractivity contribution in [1.29, 1.82) is 0 Å². The first-order valence-electron chi connectivity index (χ1n) is 8.84. The lowest BCUT2D eigenvalue weighted by molar-refractivity contribution is 0.0948. The van der Waals surface area contributed by atoms with Crippen LogP contribution in [-0.4, -0.2) is 31.1 Å². The number of nitrogens with one attached hydrogen (secondary N) is 2. The van der Waals surface area contributed by atoms with Gasteiger partial charge >= 0.3 is 0 Å². The number of anilines is 1. The molecule has 2 N–H and O–H groups in total. The van der Waals surface area contributed by atoms with E-state index < -0.39 is 0 Å². The third kappa shape index (κ3) is 6.10. The number of unbranched alkanes of at least 4 members (excludes halogenated alkanes) is 2. The molecule has 0 radical (unpaired) electrons. The maximum absolute atomic E-state index is 12.1. The van der Waals surface area contributed by atoms with Crippen LogP contribution in [0, 0.1) is 0 Å². The Hall–Kier alpha value is -2.56. The predicted molar refractivity (Wildman–Crippen MR) is 101 cm³/mol. The van der Waals surface area contributed by atoms with E-state index >= 15 is 0 Å². The molecule has 134 valence electrons. The highest BCUT2D eigenvalue weighted by atomic mass is 16.5. The smallest absolute Gasteiger partial charge is 0.269 e. The average Bonchev–Trinajstić information content (AvgIpc) is 2.65. The fourth-order valence-electron chi connectivity index (χ4n) is 2.58. The van der Waals surface area contributed by atoms with Gasteiger partial charge in [0.1, 0.15) is 11.4 Å². The van der Waals surface area contributed by atoms with Gasteiger partial charge in [-0.2, -0.15) is 0 Å². The van der Waals surface area contributed by atoms with Crippen LogP contribution >= 0.6 is 0 Å². The molecule has 1 aromatic carbocycles. The Morgan fingerprint density at radius 3 is 2.80 bits per heavy atom. The van der Waals surface area contributed by atoms with Crippen LogP contribution in [0.1, 0.15) is 42.2 Å². The van der Waals surface area contributed by atoms with Crippen molar-refractivity contribution in [2.24, 2.45) is 0 Å². The number of amides is 1. The number of ether oxygens (including phenoxy) is 1. The summed E-state index contributed by atoms with van der Waals surface area (Å²) in [5, 5.41) is 6.25. The highest BCUT2D eigenvalue weighted by Crippen LogP contribution is 2.18. The zero-order valence-electron chi connectivity index (χ0n) is 15.0. The number of hydrogen-bond donors (Lipinski definition) is 2. The van der Waals surface area contributed by atoms with Gasteiger partial charge in [-0.05, 0) is 36.6 Å². The molecule has 2 rings (SSSR count). The van der Waals surface area contributed by atoms with E-state index in [9.17, 15) is 4.79 Å². The van der Waals surface area contributed by atoms with Crippen LogP contribution in [0.25, 0.3) is 0 Å². The largest absolute Gasteiger partial charge is 0.496 e. The van der Waals surface area contributed by atoms with Crippen LogP contribution < -0.4 is 15.4 Å². The first kappa shape index (κ1) is 18.8. The molecule has 0 aliphatic rings. The van der Waals surface area contributed by atoms with Crippen molar-refractivity contribution in [3.63, 3.8) is 0 Å². The van der Waals surface area contributed by atoms with Crippen LogP contribution in [0.5, 0.6) is 5.75 Å². The molecule has 1 amide bonds. The van der Waals surface area contributed by atoms with Crippen molar-refractivity contribution in [3.8, 4) is 5.75 Å². The summed E-state index contributed by atoms with van der Waals surface area (Å²) in [5.74, 6) is 0.774. The molecular formula is C20H27N3O2. The Morgan fingerprint density at radius 2 is 2.00 bits per heavy atom. The molecule has 25 heavy (non-hydrogen) atoms. The third-order valence-electron chi connectivity index (χ3n) is 3.97. The van der Waals surface area contributed by atoms with Gasteiger partial charge in [0.15, 0.2) is 0 Å². The number of rotatable bonds is 10. The molecule has 1 heterocycles. The highest BCUT2D eigenvalue weighted by molar-refractivity contribution is 5.93.